The Hall–Kier alpha value is -1.87. The Kier molecular flexibility index (Phi) is 3.95. The van der Waals surface area contributed by atoms with E-state index in [1.807, 2.05) is 30.3 Å². The lowest BCUT2D eigenvalue weighted by Gasteiger charge is -2.09. The Morgan fingerprint density at radius 3 is 2.78 bits per heavy atom. The normalized spacial score (nSPS) is 10.1. The summed E-state index contributed by atoms with van der Waals surface area (Å²) in [5.41, 5.74) is 1.97. The summed E-state index contributed by atoms with van der Waals surface area (Å²) in [6, 6.07) is 12.8. The van der Waals surface area contributed by atoms with Crippen molar-refractivity contribution in [2.24, 2.45) is 0 Å². The van der Waals surface area contributed by atoms with Crippen molar-refractivity contribution in [3.05, 3.63) is 53.1 Å². The average molecular weight is 264 g/mol. The number of anilines is 1. The first-order valence-electron chi connectivity index (χ1n) is 5.54. The Bertz CT molecular complexity index is 543. The number of benzene rings is 2. The minimum absolute atomic E-state index is 0.143. The number of rotatable bonds is 4. The Morgan fingerprint density at radius 1 is 1.22 bits per heavy atom. The number of nitrogens with one attached hydrogen (secondary N) is 1. The van der Waals surface area contributed by atoms with Crippen molar-refractivity contribution in [2.75, 3.05) is 12.4 Å². The molecule has 2 rings (SSSR count). The zero-order valence-electron chi connectivity index (χ0n) is 9.98. The van der Waals surface area contributed by atoms with Gasteiger partial charge in [0, 0.05) is 17.3 Å². The van der Waals surface area contributed by atoms with E-state index in [2.05, 4.69) is 5.32 Å². The Balaban J connectivity index is 2.06. The van der Waals surface area contributed by atoms with Crippen LogP contribution in [0.5, 0.6) is 11.5 Å². The number of halogens is 1. The molecule has 94 valence electrons. The minimum Gasteiger partial charge on any atom is -0.504 e. The summed E-state index contributed by atoms with van der Waals surface area (Å²) < 4.78 is 5.06. The smallest absolute Gasteiger partial charge is 0.160 e. The molecule has 0 aromatic heterocycles. The molecule has 0 unspecified atom stereocenters. The maximum Gasteiger partial charge on any atom is 0.160 e. The van der Waals surface area contributed by atoms with Gasteiger partial charge in [0.2, 0.25) is 0 Å². The molecule has 0 fully saturated rings. The summed E-state index contributed by atoms with van der Waals surface area (Å²) >= 11 is 5.90. The summed E-state index contributed by atoms with van der Waals surface area (Å²) in [6.45, 7) is 0.636. The van der Waals surface area contributed by atoms with Crippen LogP contribution >= 0.6 is 11.6 Å². The van der Waals surface area contributed by atoms with Crippen LogP contribution in [0.3, 0.4) is 0 Å². The molecule has 2 N–H and O–H groups in total. The van der Waals surface area contributed by atoms with Crippen LogP contribution in [-0.4, -0.2) is 12.2 Å². The van der Waals surface area contributed by atoms with Crippen molar-refractivity contribution in [1.29, 1.82) is 0 Å². The van der Waals surface area contributed by atoms with Crippen molar-refractivity contribution in [1.82, 2.24) is 0 Å². The maximum atomic E-state index is 9.49. The molecule has 0 saturated carbocycles. The van der Waals surface area contributed by atoms with Gasteiger partial charge in [0.15, 0.2) is 11.5 Å². The summed E-state index contributed by atoms with van der Waals surface area (Å²) in [6.07, 6.45) is 0. The van der Waals surface area contributed by atoms with Gasteiger partial charge in [0.1, 0.15) is 0 Å². The molecule has 0 heterocycles. The fraction of sp³-hybridized carbons (Fsp3) is 0.143. The zero-order valence-corrected chi connectivity index (χ0v) is 10.7. The number of aromatic hydroxyl groups is 1. The third kappa shape index (κ3) is 3.08. The van der Waals surface area contributed by atoms with Gasteiger partial charge in [0.25, 0.3) is 0 Å². The van der Waals surface area contributed by atoms with Crippen molar-refractivity contribution < 1.29 is 9.84 Å². The van der Waals surface area contributed by atoms with Crippen LogP contribution < -0.4 is 10.1 Å². The molecule has 0 aliphatic rings. The summed E-state index contributed by atoms with van der Waals surface area (Å²) in [4.78, 5) is 0. The lowest BCUT2D eigenvalue weighted by Crippen LogP contribution is -1.99. The standard InChI is InChI=1S/C14H14ClNO2/c1-18-14-7-10(5-6-13(14)17)9-16-12-4-2-3-11(15)8-12/h2-8,16-17H,9H2,1H3. The second-order valence-corrected chi connectivity index (χ2v) is 4.31. The van der Waals surface area contributed by atoms with Gasteiger partial charge in [-0.15, -0.1) is 0 Å². The van der Waals surface area contributed by atoms with Crippen LogP contribution in [0.1, 0.15) is 5.56 Å². The molecule has 0 saturated heterocycles. The molecule has 0 atom stereocenters. The SMILES string of the molecule is COc1cc(CNc2cccc(Cl)c2)ccc1O. The maximum absolute atomic E-state index is 9.49. The van der Waals surface area contributed by atoms with E-state index in [1.165, 1.54) is 7.11 Å². The second-order valence-electron chi connectivity index (χ2n) is 3.87. The van der Waals surface area contributed by atoms with Crippen LogP contribution in [0.15, 0.2) is 42.5 Å². The van der Waals surface area contributed by atoms with Gasteiger partial charge in [-0.25, -0.2) is 0 Å². The number of methoxy groups -OCH3 is 1. The van der Waals surface area contributed by atoms with Gasteiger partial charge in [-0.1, -0.05) is 23.7 Å². The topological polar surface area (TPSA) is 41.5 Å². The van der Waals surface area contributed by atoms with Crippen molar-refractivity contribution in [3.8, 4) is 11.5 Å². The van der Waals surface area contributed by atoms with E-state index in [0.717, 1.165) is 11.3 Å². The predicted molar refractivity (Wildman–Crippen MR) is 73.4 cm³/mol. The largest absolute Gasteiger partial charge is 0.504 e. The number of phenolic OH excluding ortho intramolecular Hbond substituents is 1. The van der Waals surface area contributed by atoms with Gasteiger partial charge in [-0.2, -0.15) is 0 Å². The Morgan fingerprint density at radius 2 is 2.06 bits per heavy atom. The molecule has 0 aliphatic carbocycles. The molecule has 0 amide bonds. The van der Waals surface area contributed by atoms with E-state index in [0.29, 0.717) is 17.3 Å². The van der Waals surface area contributed by atoms with Crippen LogP contribution in [0.2, 0.25) is 5.02 Å². The highest BCUT2D eigenvalue weighted by Crippen LogP contribution is 2.26. The molecule has 0 spiro atoms. The first-order chi connectivity index (χ1) is 8.69. The fourth-order valence-electron chi connectivity index (χ4n) is 1.63. The summed E-state index contributed by atoms with van der Waals surface area (Å²) in [7, 11) is 1.53. The predicted octanol–water partition coefficient (Wildman–Crippen LogP) is 3.67. The summed E-state index contributed by atoms with van der Waals surface area (Å²) in [5, 5.41) is 13.4. The highest BCUT2D eigenvalue weighted by Gasteiger charge is 2.02. The molecule has 0 aliphatic heterocycles. The third-order valence-corrected chi connectivity index (χ3v) is 2.80. The van der Waals surface area contributed by atoms with Gasteiger partial charge >= 0.3 is 0 Å². The van der Waals surface area contributed by atoms with E-state index in [4.69, 9.17) is 16.3 Å². The first kappa shape index (κ1) is 12.6. The highest BCUT2D eigenvalue weighted by molar-refractivity contribution is 6.30. The van der Waals surface area contributed by atoms with Crippen molar-refractivity contribution >= 4 is 17.3 Å². The summed E-state index contributed by atoms with van der Waals surface area (Å²) in [5.74, 6) is 0.615. The molecule has 2 aromatic carbocycles. The van der Waals surface area contributed by atoms with Crippen LogP contribution in [0, 0.1) is 0 Å². The number of hydrogen-bond acceptors (Lipinski definition) is 3. The highest BCUT2D eigenvalue weighted by atomic mass is 35.5. The first-order valence-corrected chi connectivity index (χ1v) is 5.92. The quantitative estimate of drug-likeness (QED) is 0.884. The average Bonchev–Trinajstić information content (AvgIpc) is 2.38. The van der Waals surface area contributed by atoms with E-state index in [9.17, 15) is 5.11 Å². The van der Waals surface area contributed by atoms with Crippen LogP contribution in [0.25, 0.3) is 0 Å². The number of phenols is 1. The third-order valence-electron chi connectivity index (χ3n) is 2.57. The second kappa shape index (κ2) is 5.65. The van der Waals surface area contributed by atoms with E-state index < -0.39 is 0 Å². The van der Waals surface area contributed by atoms with Gasteiger partial charge in [-0.3, -0.25) is 0 Å². The molecule has 0 bridgehead atoms. The Labute approximate surface area is 111 Å². The molecular formula is C14H14ClNO2. The van der Waals surface area contributed by atoms with Crippen molar-refractivity contribution in [2.45, 2.75) is 6.54 Å². The molecule has 4 heteroatoms. The van der Waals surface area contributed by atoms with E-state index in [1.54, 1.807) is 12.1 Å². The molecule has 0 radical (unpaired) electrons. The lowest BCUT2D eigenvalue weighted by molar-refractivity contribution is 0.373. The number of hydrogen-bond donors (Lipinski definition) is 2. The molecule has 18 heavy (non-hydrogen) atoms. The molecular weight excluding hydrogens is 250 g/mol. The molecule has 3 nitrogen and oxygen atoms in total. The van der Waals surface area contributed by atoms with Crippen LogP contribution in [0.4, 0.5) is 5.69 Å². The van der Waals surface area contributed by atoms with Crippen molar-refractivity contribution in [3.63, 3.8) is 0 Å². The van der Waals surface area contributed by atoms with E-state index >= 15 is 0 Å². The van der Waals surface area contributed by atoms with E-state index in [-0.39, 0.29) is 5.75 Å². The van der Waals surface area contributed by atoms with Gasteiger partial charge < -0.3 is 15.2 Å². The molecule has 2 aromatic rings. The van der Waals surface area contributed by atoms with Crippen LogP contribution in [-0.2, 0) is 6.54 Å². The lowest BCUT2D eigenvalue weighted by atomic mass is 10.2. The zero-order chi connectivity index (χ0) is 13.0. The minimum atomic E-state index is 0.143. The fourth-order valence-corrected chi connectivity index (χ4v) is 1.82. The van der Waals surface area contributed by atoms with Gasteiger partial charge in [0.05, 0.1) is 7.11 Å². The van der Waals surface area contributed by atoms with Gasteiger partial charge in [-0.05, 0) is 35.9 Å². The number of ether oxygens (including phenoxy) is 1. The monoisotopic (exact) mass is 263 g/mol.